The number of aryl methyl sites for hydroxylation is 2. The van der Waals surface area contributed by atoms with Crippen LogP contribution in [0.2, 0.25) is 0 Å². The summed E-state index contributed by atoms with van der Waals surface area (Å²) >= 11 is 3.51. The van der Waals surface area contributed by atoms with Gasteiger partial charge in [-0.3, -0.25) is 4.79 Å². The molecule has 0 unspecified atom stereocenters. The van der Waals surface area contributed by atoms with Gasteiger partial charge in [0.15, 0.2) is 6.29 Å². The van der Waals surface area contributed by atoms with Gasteiger partial charge in [-0.1, -0.05) is 15.9 Å². The van der Waals surface area contributed by atoms with Gasteiger partial charge in [0.05, 0.1) is 0 Å². The molecule has 0 aliphatic carbocycles. The first kappa shape index (κ1) is 12.8. The minimum absolute atomic E-state index is 0.474. The van der Waals surface area contributed by atoms with Gasteiger partial charge in [0, 0.05) is 22.3 Å². The van der Waals surface area contributed by atoms with Crippen molar-refractivity contribution in [3.63, 3.8) is 0 Å². The van der Waals surface area contributed by atoms with Crippen LogP contribution in [0.1, 0.15) is 21.5 Å². The van der Waals surface area contributed by atoms with Gasteiger partial charge >= 0.3 is 0 Å². The summed E-state index contributed by atoms with van der Waals surface area (Å²) in [4.78, 5) is 14.6. The zero-order valence-electron chi connectivity index (χ0n) is 10.1. The number of rotatable bonds is 3. The lowest BCUT2D eigenvalue weighted by molar-refractivity contribution is 0.112. The first-order valence-electron chi connectivity index (χ1n) is 5.46. The Bertz CT molecular complexity index is 556. The van der Waals surface area contributed by atoms with Crippen LogP contribution in [0.3, 0.4) is 0 Å². The molecular formula is C14H12BrNO2. The molecule has 0 atom stereocenters. The fourth-order valence-electron chi connectivity index (χ4n) is 1.61. The van der Waals surface area contributed by atoms with Crippen LogP contribution in [0.15, 0.2) is 34.9 Å². The monoisotopic (exact) mass is 305 g/mol. The quantitative estimate of drug-likeness (QED) is 0.803. The lowest BCUT2D eigenvalue weighted by Gasteiger charge is -2.09. The van der Waals surface area contributed by atoms with Crippen LogP contribution in [0.4, 0.5) is 0 Å². The van der Waals surface area contributed by atoms with E-state index in [0.717, 1.165) is 27.6 Å². The molecule has 0 aliphatic heterocycles. The number of aldehydes is 1. The van der Waals surface area contributed by atoms with E-state index in [1.807, 2.05) is 26.0 Å². The third-order valence-corrected chi connectivity index (χ3v) is 3.78. The van der Waals surface area contributed by atoms with Crippen LogP contribution in [0, 0.1) is 13.8 Å². The average molecular weight is 306 g/mol. The van der Waals surface area contributed by atoms with E-state index in [9.17, 15) is 4.79 Å². The molecule has 0 spiro atoms. The summed E-state index contributed by atoms with van der Waals surface area (Å²) in [6.07, 6.45) is 2.24. The number of benzene rings is 1. The van der Waals surface area contributed by atoms with Gasteiger partial charge in [0.1, 0.15) is 5.75 Å². The second-order valence-corrected chi connectivity index (χ2v) is 4.81. The molecule has 4 heteroatoms. The number of carbonyl (C=O) groups excluding carboxylic acids is 1. The Balaban J connectivity index is 2.25. The van der Waals surface area contributed by atoms with Gasteiger partial charge in [-0.15, -0.1) is 0 Å². The molecule has 0 saturated carbocycles. The highest BCUT2D eigenvalue weighted by Gasteiger charge is 2.05. The Labute approximate surface area is 114 Å². The zero-order valence-corrected chi connectivity index (χ0v) is 11.7. The van der Waals surface area contributed by atoms with Crippen LogP contribution < -0.4 is 4.74 Å². The summed E-state index contributed by atoms with van der Waals surface area (Å²) in [6.45, 7) is 4.01. The molecule has 2 rings (SSSR count). The van der Waals surface area contributed by atoms with Crippen LogP contribution in [0.25, 0.3) is 0 Å². The zero-order chi connectivity index (χ0) is 13.1. The van der Waals surface area contributed by atoms with E-state index in [1.165, 1.54) is 6.20 Å². The Hall–Kier alpha value is -1.68. The van der Waals surface area contributed by atoms with Crippen molar-refractivity contribution in [1.29, 1.82) is 0 Å². The van der Waals surface area contributed by atoms with Crippen LogP contribution in [-0.2, 0) is 0 Å². The molecule has 3 nitrogen and oxygen atoms in total. The fraction of sp³-hybridized carbons (Fsp3) is 0.143. The van der Waals surface area contributed by atoms with E-state index in [4.69, 9.17) is 4.74 Å². The number of hydrogen-bond acceptors (Lipinski definition) is 3. The smallest absolute Gasteiger partial charge is 0.219 e. The van der Waals surface area contributed by atoms with E-state index in [1.54, 1.807) is 12.1 Å². The molecule has 0 amide bonds. The molecule has 0 aliphatic rings. The second kappa shape index (κ2) is 5.31. The number of hydrogen-bond donors (Lipinski definition) is 0. The minimum atomic E-state index is 0.474. The molecule has 18 heavy (non-hydrogen) atoms. The van der Waals surface area contributed by atoms with Crippen LogP contribution in [-0.4, -0.2) is 11.3 Å². The van der Waals surface area contributed by atoms with Gasteiger partial charge in [-0.2, -0.15) is 0 Å². The number of pyridine rings is 1. The predicted molar refractivity (Wildman–Crippen MR) is 73.3 cm³/mol. The van der Waals surface area contributed by atoms with Gasteiger partial charge in [-0.05, 0) is 43.2 Å². The Kier molecular flexibility index (Phi) is 3.77. The highest BCUT2D eigenvalue weighted by molar-refractivity contribution is 9.10. The number of halogens is 1. The number of aromatic nitrogens is 1. The normalized spacial score (nSPS) is 10.2. The summed E-state index contributed by atoms with van der Waals surface area (Å²) in [5.74, 6) is 1.21. The van der Waals surface area contributed by atoms with Gasteiger partial charge in [0.2, 0.25) is 5.88 Å². The Morgan fingerprint density at radius 3 is 2.39 bits per heavy atom. The summed E-state index contributed by atoms with van der Waals surface area (Å²) < 4.78 is 6.73. The van der Waals surface area contributed by atoms with Crippen LogP contribution >= 0.6 is 15.9 Å². The predicted octanol–water partition coefficient (Wildman–Crippen LogP) is 4.07. The lowest BCUT2D eigenvalue weighted by Crippen LogP contribution is -1.91. The Morgan fingerprint density at radius 2 is 1.89 bits per heavy atom. The SMILES string of the molecule is Cc1cc(Oc2ccc(C=O)cn2)cc(C)c1Br. The molecule has 1 aromatic carbocycles. The molecule has 1 aromatic heterocycles. The van der Waals surface area contributed by atoms with Crippen molar-refractivity contribution in [2.45, 2.75) is 13.8 Å². The van der Waals surface area contributed by atoms with E-state index in [0.29, 0.717) is 11.4 Å². The molecule has 92 valence electrons. The highest BCUT2D eigenvalue weighted by Crippen LogP contribution is 2.28. The van der Waals surface area contributed by atoms with Crippen molar-refractivity contribution in [3.05, 3.63) is 51.6 Å². The highest BCUT2D eigenvalue weighted by atomic mass is 79.9. The van der Waals surface area contributed by atoms with Crippen molar-refractivity contribution in [2.75, 3.05) is 0 Å². The number of nitrogens with zero attached hydrogens (tertiary/aromatic N) is 1. The standard InChI is InChI=1S/C14H12BrNO2/c1-9-5-12(6-10(2)14(9)15)18-13-4-3-11(8-17)7-16-13/h3-8H,1-2H3. The third kappa shape index (κ3) is 2.76. The average Bonchev–Trinajstić information content (AvgIpc) is 2.37. The third-order valence-electron chi connectivity index (χ3n) is 2.53. The van der Waals surface area contributed by atoms with Crippen molar-refractivity contribution >= 4 is 22.2 Å². The van der Waals surface area contributed by atoms with E-state index < -0.39 is 0 Å². The maximum absolute atomic E-state index is 10.5. The molecule has 0 radical (unpaired) electrons. The molecule has 1 heterocycles. The van der Waals surface area contributed by atoms with Crippen molar-refractivity contribution in [3.8, 4) is 11.6 Å². The largest absolute Gasteiger partial charge is 0.439 e. The second-order valence-electron chi connectivity index (χ2n) is 4.02. The molecular weight excluding hydrogens is 294 g/mol. The van der Waals surface area contributed by atoms with Crippen molar-refractivity contribution in [2.24, 2.45) is 0 Å². The van der Waals surface area contributed by atoms with Gasteiger partial charge in [-0.25, -0.2) is 4.98 Å². The summed E-state index contributed by atoms with van der Waals surface area (Å²) in [5.41, 5.74) is 2.74. The summed E-state index contributed by atoms with van der Waals surface area (Å²) in [7, 11) is 0. The fourth-order valence-corrected chi connectivity index (χ4v) is 1.84. The first-order chi connectivity index (χ1) is 8.60. The molecule has 0 saturated heterocycles. The summed E-state index contributed by atoms with van der Waals surface area (Å²) in [5, 5.41) is 0. The maximum Gasteiger partial charge on any atom is 0.219 e. The van der Waals surface area contributed by atoms with Crippen molar-refractivity contribution in [1.82, 2.24) is 4.98 Å². The minimum Gasteiger partial charge on any atom is -0.439 e. The topological polar surface area (TPSA) is 39.2 Å². The van der Waals surface area contributed by atoms with Gasteiger partial charge in [0.25, 0.3) is 0 Å². The van der Waals surface area contributed by atoms with E-state index >= 15 is 0 Å². The van der Waals surface area contributed by atoms with Gasteiger partial charge < -0.3 is 4.74 Å². The number of ether oxygens (including phenoxy) is 1. The molecule has 2 aromatic rings. The maximum atomic E-state index is 10.5. The van der Waals surface area contributed by atoms with E-state index in [2.05, 4.69) is 20.9 Å². The summed E-state index contributed by atoms with van der Waals surface area (Å²) in [6, 6.07) is 7.23. The first-order valence-corrected chi connectivity index (χ1v) is 6.25. The molecule has 0 N–H and O–H groups in total. The van der Waals surface area contributed by atoms with E-state index in [-0.39, 0.29) is 0 Å². The molecule has 0 fully saturated rings. The van der Waals surface area contributed by atoms with Crippen molar-refractivity contribution < 1.29 is 9.53 Å². The number of carbonyl (C=O) groups is 1. The Morgan fingerprint density at radius 1 is 1.22 bits per heavy atom. The van der Waals surface area contributed by atoms with Crippen LogP contribution in [0.5, 0.6) is 11.6 Å². The lowest BCUT2D eigenvalue weighted by atomic mass is 10.1. The molecule has 0 bridgehead atoms.